The van der Waals surface area contributed by atoms with Gasteiger partial charge in [-0.25, -0.2) is 4.39 Å². The summed E-state index contributed by atoms with van der Waals surface area (Å²) in [6.45, 7) is 1.00. The minimum Gasteiger partial charge on any atom is -0.489 e. The molecular weight excluding hydrogens is 317 g/mol. The number of H-pyrrole nitrogens is 1. The van der Waals surface area contributed by atoms with E-state index in [0.717, 1.165) is 6.42 Å². The standard InChI is InChI=1S/C12H11BrFN3O2/c13-7-4-8-11(19-3-1-2-18-8)9(10(7)14)6-5-16-17-12(6)15/h4-5H,1-3H2,(H3,15,16,17). The summed E-state index contributed by atoms with van der Waals surface area (Å²) >= 11 is 3.18. The second-order valence-corrected chi connectivity index (χ2v) is 4.98. The summed E-state index contributed by atoms with van der Waals surface area (Å²) < 4.78 is 25.9. The summed E-state index contributed by atoms with van der Waals surface area (Å²) in [5.41, 5.74) is 6.49. The SMILES string of the molecule is Nc1[nH]ncc1-c1c(F)c(Br)cc2c1OCCCO2. The lowest BCUT2D eigenvalue weighted by Crippen LogP contribution is -1.99. The molecule has 0 saturated carbocycles. The zero-order valence-corrected chi connectivity index (χ0v) is 11.5. The van der Waals surface area contributed by atoms with Crippen LogP contribution in [0.4, 0.5) is 10.2 Å². The molecule has 2 aromatic rings. The maximum absolute atomic E-state index is 14.4. The van der Waals surface area contributed by atoms with E-state index in [4.69, 9.17) is 15.2 Å². The van der Waals surface area contributed by atoms with E-state index in [9.17, 15) is 4.39 Å². The molecule has 0 radical (unpaired) electrons. The lowest BCUT2D eigenvalue weighted by Gasteiger charge is -2.14. The van der Waals surface area contributed by atoms with Gasteiger partial charge in [0.1, 0.15) is 11.6 Å². The van der Waals surface area contributed by atoms with Gasteiger partial charge in [-0.15, -0.1) is 0 Å². The third-order valence-electron chi connectivity index (χ3n) is 2.87. The van der Waals surface area contributed by atoms with Crippen molar-refractivity contribution in [3.63, 3.8) is 0 Å². The van der Waals surface area contributed by atoms with Gasteiger partial charge in [0.2, 0.25) is 0 Å². The number of hydrogen-bond acceptors (Lipinski definition) is 4. The number of nitrogen functional groups attached to an aromatic ring is 1. The Balaban J connectivity index is 2.27. The van der Waals surface area contributed by atoms with Crippen LogP contribution in [0.25, 0.3) is 11.1 Å². The molecule has 3 N–H and O–H groups in total. The highest BCUT2D eigenvalue weighted by molar-refractivity contribution is 9.10. The van der Waals surface area contributed by atoms with Crippen molar-refractivity contribution in [3.8, 4) is 22.6 Å². The van der Waals surface area contributed by atoms with Crippen LogP contribution in [0.5, 0.6) is 11.5 Å². The van der Waals surface area contributed by atoms with Crippen LogP contribution >= 0.6 is 15.9 Å². The zero-order valence-electron chi connectivity index (χ0n) is 9.87. The molecule has 1 aliphatic rings. The number of aromatic nitrogens is 2. The van der Waals surface area contributed by atoms with Crippen molar-refractivity contribution in [2.24, 2.45) is 0 Å². The number of nitrogens with zero attached hydrogens (tertiary/aromatic N) is 1. The van der Waals surface area contributed by atoms with Gasteiger partial charge in [0.05, 0.1) is 35.0 Å². The van der Waals surface area contributed by atoms with Gasteiger partial charge in [0.25, 0.3) is 0 Å². The highest BCUT2D eigenvalue weighted by Gasteiger charge is 2.24. The molecule has 5 nitrogen and oxygen atoms in total. The van der Waals surface area contributed by atoms with E-state index < -0.39 is 5.82 Å². The molecule has 7 heteroatoms. The molecule has 0 atom stereocenters. The van der Waals surface area contributed by atoms with Crippen LogP contribution in [0.3, 0.4) is 0 Å². The highest BCUT2D eigenvalue weighted by atomic mass is 79.9. The monoisotopic (exact) mass is 327 g/mol. The van der Waals surface area contributed by atoms with E-state index in [0.29, 0.717) is 34.7 Å². The van der Waals surface area contributed by atoms with Gasteiger partial charge < -0.3 is 15.2 Å². The van der Waals surface area contributed by atoms with Crippen molar-refractivity contribution in [2.75, 3.05) is 18.9 Å². The molecule has 0 amide bonds. The number of aromatic amines is 1. The van der Waals surface area contributed by atoms with E-state index in [1.54, 1.807) is 6.07 Å². The van der Waals surface area contributed by atoms with Gasteiger partial charge in [0, 0.05) is 12.5 Å². The molecule has 3 rings (SSSR count). The first-order chi connectivity index (χ1) is 9.18. The second kappa shape index (κ2) is 4.73. The molecule has 0 fully saturated rings. The highest BCUT2D eigenvalue weighted by Crippen LogP contribution is 2.45. The minimum atomic E-state index is -0.447. The Bertz CT molecular complexity index is 630. The van der Waals surface area contributed by atoms with Crippen molar-refractivity contribution in [1.82, 2.24) is 10.2 Å². The van der Waals surface area contributed by atoms with Crippen molar-refractivity contribution >= 4 is 21.7 Å². The number of fused-ring (bicyclic) bond motifs is 1. The summed E-state index contributed by atoms with van der Waals surface area (Å²) in [4.78, 5) is 0. The van der Waals surface area contributed by atoms with Crippen molar-refractivity contribution in [2.45, 2.75) is 6.42 Å². The summed E-state index contributed by atoms with van der Waals surface area (Å²) in [7, 11) is 0. The van der Waals surface area contributed by atoms with Crippen molar-refractivity contribution < 1.29 is 13.9 Å². The molecule has 2 heterocycles. The largest absolute Gasteiger partial charge is 0.489 e. The Hall–Kier alpha value is -1.76. The van der Waals surface area contributed by atoms with Crippen LogP contribution < -0.4 is 15.2 Å². The molecular formula is C12H11BrFN3O2. The Morgan fingerprint density at radius 1 is 1.37 bits per heavy atom. The Morgan fingerprint density at radius 2 is 2.16 bits per heavy atom. The Morgan fingerprint density at radius 3 is 2.89 bits per heavy atom. The number of rotatable bonds is 1. The first-order valence-electron chi connectivity index (χ1n) is 5.75. The minimum absolute atomic E-state index is 0.262. The Labute approximate surface area is 117 Å². The molecule has 0 spiro atoms. The number of halogens is 2. The van der Waals surface area contributed by atoms with Gasteiger partial charge in [-0.1, -0.05) is 0 Å². The first-order valence-corrected chi connectivity index (χ1v) is 6.54. The number of ether oxygens (including phenoxy) is 2. The van der Waals surface area contributed by atoms with Crippen LogP contribution in [0.15, 0.2) is 16.7 Å². The number of hydrogen-bond donors (Lipinski definition) is 2. The molecule has 1 aromatic carbocycles. The predicted octanol–water partition coefficient (Wildman–Crippen LogP) is 2.72. The molecule has 0 aliphatic carbocycles. The van der Waals surface area contributed by atoms with Crippen LogP contribution in [0.1, 0.15) is 6.42 Å². The summed E-state index contributed by atoms with van der Waals surface area (Å²) in [6, 6.07) is 1.57. The van der Waals surface area contributed by atoms with Gasteiger partial charge in [0.15, 0.2) is 11.5 Å². The average Bonchev–Trinajstić information content (AvgIpc) is 2.67. The second-order valence-electron chi connectivity index (χ2n) is 4.12. The molecule has 19 heavy (non-hydrogen) atoms. The van der Waals surface area contributed by atoms with Gasteiger partial charge in [-0.2, -0.15) is 5.10 Å². The molecule has 1 aromatic heterocycles. The fourth-order valence-corrected chi connectivity index (χ4v) is 2.39. The Kier molecular flexibility index (Phi) is 3.06. The summed E-state index contributed by atoms with van der Waals surface area (Å²) in [5, 5.41) is 6.40. The quantitative estimate of drug-likeness (QED) is 0.844. The van der Waals surface area contributed by atoms with Crippen molar-refractivity contribution in [1.29, 1.82) is 0 Å². The molecule has 100 valence electrons. The van der Waals surface area contributed by atoms with Crippen LogP contribution in [-0.2, 0) is 0 Å². The molecule has 1 aliphatic heterocycles. The number of nitrogens with two attached hydrogens (primary N) is 1. The molecule has 0 bridgehead atoms. The number of benzene rings is 1. The van der Waals surface area contributed by atoms with E-state index >= 15 is 0 Å². The third-order valence-corrected chi connectivity index (χ3v) is 3.45. The van der Waals surface area contributed by atoms with E-state index in [1.807, 2.05) is 0 Å². The normalized spacial score (nSPS) is 14.2. The topological polar surface area (TPSA) is 73.2 Å². The van der Waals surface area contributed by atoms with Gasteiger partial charge >= 0.3 is 0 Å². The maximum atomic E-state index is 14.4. The number of anilines is 1. The lowest BCUT2D eigenvalue weighted by molar-refractivity contribution is 0.297. The van der Waals surface area contributed by atoms with Crippen LogP contribution in [-0.4, -0.2) is 23.4 Å². The molecule has 0 unspecified atom stereocenters. The molecule has 0 saturated heterocycles. The average molecular weight is 328 g/mol. The predicted molar refractivity (Wildman–Crippen MR) is 71.7 cm³/mol. The lowest BCUT2D eigenvalue weighted by atomic mass is 10.1. The van der Waals surface area contributed by atoms with Crippen molar-refractivity contribution in [3.05, 3.63) is 22.6 Å². The summed E-state index contributed by atoms with van der Waals surface area (Å²) in [6.07, 6.45) is 2.21. The van der Waals surface area contributed by atoms with E-state index in [-0.39, 0.29) is 11.4 Å². The van der Waals surface area contributed by atoms with Gasteiger partial charge in [-0.05, 0) is 15.9 Å². The van der Waals surface area contributed by atoms with Gasteiger partial charge in [-0.3, -0.25) is 5.10 Å². The van der Waals surface area contributed by atoms with Crippen LogP contribution in [0, 0.1) is 5.82 Å². The fraction of sp³-hybridized carbons (Fsp3) is 0.250. The first kappa shape index (κ1) is 12.3. The third kappa shape index (κ3) is 2.03. The smallest absolute Gasteiger partial charge is 0.172 e. The fourth-order valence-electron chi connectivity index (χ4n) is 1.99. The van der Waals surface area contributed by atoms with E-state index in [1.165, 1.54) is 6.20 Å². The number of nitrogens with one attached hydrogen (secondary N) is 1. The van der Waals surface area contributed by atoms with Crippen LogP contribution in [0.2, 0.25) is 0 Å². The zero-order chi connectivity index (χ0) is 13.4. The summed E-state index contributed by atoms with van der Waals surface area (Å²) in [5.74, 6) is 0.706. The van der Waals surface area contributed by atoms with E-state index in [2.05, 4.69) is 26.1 Å². The maximum Gasteiger partial charge on any atom is 0.172 e.